The second-order valence-electron chi connectivity index (χ2n) is 10.2. The summed E-state index contributed by atoms with van der Waals surface area (Å²) in [7, 11) is 1.73. The molecule has 0 radical (unpaired) electrons. The van der Waals surface area contributed by atoms with Crippen LogP contribution in [-0.4, -0.2) is 54.5 Å². The number of halogens is 2. The van der Waals surface area contributed by atoms with Crippen LogP contribution in [0.4, 0.5) is 0 Å². The van der Waals surface area contributed by atoms with E-state index in [1.54, 1.807) is 7.11 Å². The monoisotopic (exact) mass is 483 g/mol. The Hall–Kier alpha value is -1.01. The molecule has 0 unspecified atom stereocenters. The number of methoxy groups -OCH3 is 1. The number of rotatable bonds is 3. The Morgan fingerprint density at radius 2 is 1.69 bits per heavy atom. The van der Waals surface area contributed by atoms with E-state index in [-0.39, 0.29) is 30.7 Å². The minimum atomic E-state index is 0. The topological polar surface area (TPSA) is 58.8 Å². The van der Waals surface area contributed by atoms with Crippen LogP contribution >= 0.6 is 24.8 Å². The first-order valence-electron chi connectivity index (χ1n) is 12.1. The maximum absolute atomic E-state index is 13.3. The highest BCUT2D eigenvalue weighted by Gasteiger charge is 2.46. The summed E-state index contributed by atoms with van der Waals surface area (Å²) in [5.41, 5.74) is 7.49. The van der Waals surface area contributed by atoms with Gasteiger partial charge in [-0.3, -0.25) is 9.69 Å². The van der Waals surface area contributed by atoms with Gasteiger partial charge in [0.15, 0.2) is 0 Å². The number of hydrogen-bond acceptors (Lipinski definition) is 4. The van der Waals surface area contributed by atoms with Crippen LogP contribution in [0.5, 0.6) is 5.75 Å². The SMILES string of the molecule is COc1ccc([C@H]2CCC[C@H]3[C@@H]4C[C@@H](CN(C(=O)C5CCC(N)CC5)C4)CN23)cc1.Cl.Cl. The molecule has 7 heteroatoms. The molecule has 1 saturated carbocycles. The lowest BCUT2D eigenvalue weighted by molar-refractivity contribution is -0.144. The van der Waals surface area contributed by atoms with Crippen LogP contribution in [0.1, 0.15) is 63.0 Å². The molecule has 32 heavy (non-hydrogen) atoms. The summed E-state index contributed by atoms with van der Waals surface area (Å²) >= 11 is 0. The summed E-state index contributed by atoms with van der Waals surface area (Å²) in [4.78, 5) is 18.3. The molecule has 4 fully saturated rings. The summed E-state index contributed by atoms with van der Waals surface area (Å²) in [6.07, 6.45) is 9.11. The molecule has 3 heterocycles. The fourth-order valence-corrected chi connectivity index (χ4v) is 6.80. The molecule has 2 bridgehead atoms. The normalized spacial score (nSPS) is 34.5. The molecule has 1 aromatic carbocycles. The Labute approximate surface area is 205 Å². The summed E-state index contributed by atoms with van der Waals surface area (Å²) in [6, 6.07) is 10.1. The number of piperidine rings is 3. The predicted molar refractivity (Wildman–Crippen MR) is 133 cm³/mol. The molecule has 4 aliphatic rings. The van der Waals surface area contributed by atoms with Crippen molar-refractivity contribution in [3.8, 4) is 5.75 Å². The van der Waals surface area contributed by atoms with E-state index in [0.29, 0.717) is 35.9 Å². The van der Waals surface area contributed by atoms with Gasteiger partial charge in [-0.2, -0.15) is 0 Å². The van der Waals surface area contributed by atoms with E-state index in [4.69, 9.17) is 10.5 Å². The Morgan fingerprint density at radius 3 is 2.38 bits per heavy atom. The molecule has 5 rings (SSSR count). The van der Waals surface area contributed by atoms with Gasteiger partial charge in [-0.1, -0.05) is 12.1 Å². The molecule has 180 valence electrons. The minimum absolute atomic E-state index is 0. The minimum Gasteiger partial charge on any atom is -0.497 e. The smallest absolute Gasteiger partial charge is 0.225 e. The van der Waals surface area contributed by atoms with E-state index in [9.17, 15) is 4.79 Å². The first-order valence-corrected chi connectivity index (χ1v) is 12.1. The van der Waals surface area contributed by atoms with Crippen molar-refractivity contribution in [2.24, 2.45) is 23.5 Å². The van der Waals surface area contributed by atoms with Crippen molar-refractivity contribution in [1.82, 2.24) is 9.80 Å². The van der Waals surface area contributed by atoms with Crippen molar-refractivity contribution in [1.29, 1.82) is 0 Å². The molecule has 1 amide bonds. The number of nitrogens with two attached hydrogens (primary N) is 1. The van der Waals surface area contributed by atoms with E-state index in [0.717, 1.165) is 51.1 Å². The maximum Gasteiger partial charge on any atom is 0.225 e. The molecular formula is C25H39Cl2N3O2. The van der Waals surface area contributed by atoms with E-state index < -0.39 is 0 Å². The lowest BCUT2D eigenvalue weighted by Gasteiger charge is -2.55. The number of carbonyl (C=O) groups excluding carboxylic acids is 1. The summed E-state index contributed by atoms with van der Waals surface area (Å²) in [5.74, 6) is 2.83. The zero-order valence-electron chi connectivity index (χ0n) is 19.2. The van der Waals surface area contributed by atoms with Crippen molar-refractivity contribution >= 4 is 30.7 Å². The van der Waals surface area contributed by atoms with Crippen LogP contribution in [0.3, 0.4) is 0 Å². The third-order valence-electron chi connectivity index (χ3n) is 8.32. The zero-order chi connectivity index (χ0) is 20.7. The molecule has 3 aliphatic heterocycles. The van der Waals surface area contributed by atoms with Gasteiger partial charge >= 0.3 is 0 Å². The van der Waals surface area contributed by atoms with Crippen molar-refractivity contribution in [2.75, 3.05) is 26.7 Å². The zero-order valence-corrected chi connectivity index (χ0v) is 20.8. The van der Waals surface area contributed by atoms with Gasteiger partial charge in [-0.25, -0.2) is 0 Å². The Balaban J connectivity index is 0.00000144. The molecule has 2 N–H and O–H groups in total. The van der Waals surface area contributed by atoms with Crippen LogP contribution in [0.2, 0.25) is 0 Å². The summed E-state index contributed by atoms with van der Waals surface area (Å²) in [6.45, 7) is 3.06. The van der Waals surface area contributed by atoms with Gasteiger partial charge in [-0.15, -0.1) is 24.8 Å². The quantitative estimate of drug-likeness (QED) is 0.690. The van der Waals surface area contributed by atoms with Crippen LogP contribution < -0.4 is 10.5 Å². The molecule has 3 saturated heterocycles. The van der Waals surface area contributed by atoms with Gasteiger partial charge in [0.05, 0.1) is 7.11 Å². The number of amides is 1. The van der Waals surface area contributed by atoms with Gasteiger partial charge in [0.2, 0.25) is 5.91 Å². The number of hydrogen-bond donors (Lipinski definition) is 1. The van der Waals surface area contributed by atoms with Crippen molar-refractivity contribution < 1.29 is 9.53 Å². The summed E-state index contributed by atoms with van der Waals surface area (Å²) < 4.78 is 5.36. The average molecular weight is 485 g/mol. The number of fused-ring (bicyclic) bond motifs is 4. The standard InChI is InChI=1S/C25H37N3O2.2ClH/c1-30-22-11-7-18(8-12-22)23-3-2-4-24-20-13-17(15-28(23)24)14-27(16-20)25(29)19-5-9-21(26)10-6-19;;/h7-8,11-12,17,19-21,23-24H,2-6,9-10,13-16,26H2,1H3;2*1H/t17-,19?,20+,21?,23+,24-;;/m0../s1. The fourth-order valence-electron chi connectivity index (χ4n) is 6.80. The van der Waals surface area contributed by atoms with Crippen molar-refractivity contribution in [3.05, 3.63) is 29.8 Å². The van der Waals surface area contributed by atoms with Gasteiger partial charge in [0, 0.05) is 43.7 Å². The Kier molecular flexibility index (Phi) is 8.76. The largest absolute Gasteiger partial charge is 0.497 e. The molecule has 1 aromatic rings. The van der Waals surface area contributed by atoms with Gasteiger partial charge in [0.1, 0.15) is 5.75 Å². The highest BCUT2D eigenvalue weighted by atomic mass is 35.5. The van der Waals surface area contributed by atoms with Crippen molar-refractivity contribution in [2.45, 2.75) is 69.5 Å². The predicted octanol–water partition coefficient (Wildman–Crippen LogP) is 4.43. The Bertz CT molecular complexity index is 754. The molecule has 5 nitrogen and oxygen atoms in total. The fraction of sp³-hybridized carbons (Fsp3) is 0.720. The third-order valence-corrected chi connectivity index (χ3v) is 8.32. The molecule has 4 atom stereocenters. The number of nitrogens with zero attached hydrogens (tertiary/aromatic N) is 2. The molecule has 0 aromatic heterocycles. The van der Waals surface area contributed by atoms with Crippen LogP contribution in [0.15, 0.2) is 24.3 Å². The average Bonchev–Trinajstić information content (AvgIpc) is 2.79. The van der Waals surface area contributed by atoms with Crippen molar-refractivity contribution in [3.63, 3.8) is 0 Å². The number of carbonyl (C=O) groups is 1. The van der Waals surface area contributed by atoms with Gasteiger partial charge < -0.3 is 15.4 Å². The Morgan fingerprint density at radius 1 is 0.969 bits per heavy atom. The highest BCUT2D eigenvalue weighted by Crippen LogP contribution is 2.45. The first-order chi connectivity index (χ1) is 14.6. The van der Waals surface area contributed by atoms with E-state index in [1.807, 2.05) is 0 Å². The number of likely N-dealkylation sites (tertiary alicyclic amines) is 1. The second kappa shape index (κ2) is 10.9. The van der Waals surface area contributed by atoms with Gasteiger partial charge in [0.25, 0.3) is 0 Å². The highest BCUT2D eigenvalue weighted by molar-refractivity contribution is 5.85. The number of ether oxygens (including phenoxy) is 1. The van der Waals surface area contributed by atoms with Crippen LogP contribution in [0, 0.1) is 17.8 Å². The third kappa shape index (κ3) is 5.06. The lowest BCUT2D eigenvalue weighted by Crippen LogP contribution is -2.61. The maximum atomic E-state index is 13.3. The van der Waals surface area contributed by atoms with Gasteiger partial charge in [-0.05, 0) is 80.9 Å². The molecule has 1 aliphatic carbocycles. The second-order valence-corrected chi connectivity index (χ2v) is 10.2. The van der Waals surface area contributed by atoms with Crippen LogP contribution in [0.25, 0.3) is 0 Å². The van der Waals surface area contributed by atoms with E-state index >= 15 is 0 Å². The molecular weight excluding hydrogens is 445 g/mol. The van der Waals surface area contributed by atoms with Crippen LogP contribution in [-0.2, 0) is 4.79 Å². The lowest BCUT2D eigenvalue weighted by atomic mass is 9.73. The van der Waals surface area contributed by atoms with E-state index in [2.05, 4.69) is 34.1 Å². The molecule has 0 spiro atoms. The van der Waals surface area contributed by atoms with E-state index in [1.165, 1.54) is 31.2 Å². The summed E-state index contributed by atoms with van der Waals surface area (Å²) in [5, 5.41) is 0. The number of benzene rings is 1. The first kappa shape index (κ1) is 25.6.